The van der Waals surface area contributed by atoms with Crippen LogP contribution in [0.3, 0.4) is 0 Å². The molecule has 2 N–H and O–H groups in total. The summed E-state index contributed by atoms with van der Waals surface area (Å²) in [6.45, 7) is 4.22. The van der Waals surface area contributed by atoms with Gasteiger partial charge in [-0.05, 0) is 62.4 Å². The Hall–Kier alpha value is -2.54. The number of nitrogens with one attached hydrogen (secondary N) is 2. The van der Waals surface area contributed by atoms with E-state index in [1.165, 1.54) is 36.0 Å². The fourth-order valence-corrected chi connectivity index (χ4v) is 2.74. The molecule has 1 atom stereocenters. The molecule has 0 spiro atoms. The Morgan fingerprint density at radius 1 is 1.04 bits per heavy atom. The highest BCUT2D eigenvalue weighted by Crippen LogP contribution is 2.18. The van der Waals surface area contributed by atoms with Crippen LogP contribution in [0.15, 0.2) is 48.5 Å². The molecule has 0 saturated heterocycles. The van der Waals surface area contributed by atoms with E-state index in [2.05, 4.69) is 10.6 Å². The van der Waals surface area contributed by atoms with Crippen molar-refractivity contribution in [3.8, 4) is 5.75 Å². The van der Waals surface area contributed by atoms with E-state index < -0.39 is 5.25 Å². The van der Waals surface area contributed by atoms with Gasteiger partial charge in [0.05, 0.1) is 17.6 Å². The molecular weight excluding hydrogens is 355 g/mol. The molecule has 2 rings (SSSR count). The third-order valence-electron chi connectivity index (χ3n) is 3.39. The van der Waals surface area contributed by atoms with Crippen LogP contribution >= 0.6 is 11.8 Å². The third kappa shape index (κ3) is 6.40. The summed E-state index contributed by atoms with van der Waals surface area (Å²) in [6.07, 6.45) is 0. The molecule has 0 saturated carbocycles. The van der Waals surface area contributed by atoms with Crippen LogP contribution in [-0.2, 0) is 9.59 Å². The number of rotatable bonds is 8. The SMILES string of the molecule is CCOc1ccc(NC(=O)C(C)SCC(=O)Nc2ccc(F)cc2)cc1. The molecule has 0 radical (unpaired) electrons. The minimum absolute atomic E-state index is 0.120. The summed E-state index contributed by atoms with van der Waals surface area (Å²) in [6, 6.07) is 12.6. The fourth-order valence-electron chi connectivity index (χ4n) is 2.05. The normalized spacial score (nSPS) is 11.5. The van der Waals surface area contributed by atoms with E-state index in [1.807, 2.05) is 6.92 Å². The van der Waals surface area contributed by atoms with Crippen molar-refractivity contribution in [2.75, 3.05) is 23.0 Å². The summed E-state index contributed by atoms with van der Waals surface area (Å²) >= 11 is 1.22. The predicted molar refractivity (Wildman–Crippen MR) is 103 cm³/mol. The largest absolute Gasteiger partial charge is 0.494 e. The van der Waals surface area contributed by atoms with E-state index >= 15 is 0 Å². The number of thioether (sulfide) groups is 1. The first-order valence-electron chi connectivity index (χ1n) is 8.18. The van der Waals surface area contributed by atoms with Crippen molar-refractivity contribution in [1.82, 2.24) is 0 Å². The van der Waals surface area contributed by atoms with Gasteiger partial charge in [-0.25, -0.2) is 4.39 Å². The predicted octanol–water partition coefficient (Wildman–Crippen LogP) is 3.92. The van der Waals surface area contributed by atoms with Gasteiger partial charge in [-0.3, -0.25) is 9.59 Å². The summed E-state index contributed by atoms with van der Waals surface area (Å²) in [5.41, 5.74) is 1.19. The summed E-state index contributed by atoms with van der Waals surface area (Å²) < 4.78 is 18.2. The Morgan fingerprint density at radius 3 is 2.23 bits per heavy atom. The lowest BCUT2D eigenvalue weighted by molar-refractivity contribution is -0.115. The van der Waals surface area contributed by atoms with E-state index in [1.54, 1.807) is 31.2 Å². The van der Waals surface area contributed by atoms with Gasteiger partial charge in [0.1, 0.15) is 11.6 Å². The van der Waals surface area contributed by atoms with Crippen molar-refractivity contribution >= 4 is 35.0 Å². The lowest BCUT2D eigenvalue weighted by Crippen LogP contribution is -2.25. The molecular formula is C19H21FN2O3S. The molecule has 138 valence electrons. The molecule has 1 unspecified atom stereocenters. The summed E-state index contributed by atoms with van der Waals surface area (Å²) in [5, 5.41) is 5.06. The van der Waals surface area contributed by atoms with Crippen LogP contribution in [0.2, 0.25) is 0 Å². The number of carbonyl (C=O) groups excluding carboxylic acids is 2. The van der Waals surface area contributed by atoms with E-state index in [9.17, 15) is 14.0 Å². The standard InChI is InChI=1S/C19H21FN2O3S/c1-3-25-17-10-8-16(9-11-17)22-19(24)13(2)26-12-18(23)21-15-6-4-14(20)5-7-15/h4-11,13H,3,12H2,1-2H3,(H,21,23)(H,22,24). The monoisotopic (exact) mass is 376 g/mol. The zero-order chi connectivity index (χ0) is 18.9. The third-order valence-corrected chi connectivity index (χ3v) is 4.54. The van der Waals surface area contributed by atoms with Crippen LogP contribution < -0.4 is 15.4 Å². The number of halogens is 1. The molecule has 2 aromatic carbocycles. The molecule has 2 amide bonds. The van der Waals surface area contributed by atoms with Crippen LogP contribution in [0.1, 0.15) is 13.8 Å². The van der Waals surface area contributed by atoms with Crippen LogP contribution in [0, 0.1) is 5.82 Å². The average molecular weight is 376 g/mol. The van der Waals surface area contributed by atoms with E-state index in [0.717, 1.165) is 5.75 Å². The van der Waals surface area contributed by atoms with Gasteiger partial charge >= 0.3 is 0 Å². The van der Waals surface area contributed by atoms with E-state index in [4.69, 9.17) is 4.74 Å². The Labute approximate surface area is 156 Å². The van der Waals surface area contributed by atoms with Crippen LogP contribution in [0.4, 0.5) is 15.8 Å². The number of hydrogen-bond acceptors (Lipinski definition) is 4. The quantitative estimate of drug-likeness (QED) is 0.733. The Kier molecular flexibility index (Phi) is 7.47. The minimum Gasteiger partial charge on any atom is -0.494 e. The maximum atomic E-state index is 12.8. The molecule has 0 fully saturated rings. The molecule has 0 aliphatic heterocycles. The first kappa shape index (κ1) is 19.8. The van der Waals surface area contributed by atoms with E-state index in [0.29, 0.717) is 18.0 Å². The molecule has 0 bridgehead atoms. The van der Waals surface area contributed by atoms with Crippen LogP contribution in [0.25, 0.3) is 0 Å². The molecule has 26 heavy (non-hydrogen) atoms. The molecule has 2 aromatic rings. The lowest BCUT2D eigenvalue weighted by atomic mass is 10.3. The second-order valence-corrected chi connectivity index (χ2v) is 6.78. The topological polar surface area (TPSA) is 67.4 Å². The number of amides is 2. The zero-order valence-corrected chi connectivity index (χ0v) is 15.4. The van der Waals surface area contributed by atoms with Crippen molar-refractivity contribution in [2.24, 2.45) is 0 Å². The first-order valence-corrected chi connectivity index (χ1v) is 9.23. The highest BCUT2D eigenvalue weighted by atomic mass is 32.2. The molecule has 0 aromatic heterocycles. The van der Waals surface area contributed by atoms with Gasteiger partial charge in [-0.15, -0.1) is 11.8 Å². The van der Waals surface area contributed by atoms with Gasteiger partial charge in [0.2, 0.25) is 11.8 Å². The molecule has 0 aliphatic carbocycles. The summed E-state index contributed by atoms with van der Waals surface area (Å²) in [4.78, 5) is 24.1. The number of anilines is 2. The van der Waals surface area contributed by atoms with Gasteiger partial charge in [-0.1, -0.05) is 0 Å². The number of carbonyl (C=O) groups is 2. The Bertz CT molecular complexity index is 735. The van der Waals surface area contributed by atoms with Crippen molar-refractivity contribution in [2.45, 2.75) is 19.1 Å². The van der Waals surface area contributed by atoms with Crippen molar-refractivity contribution in [3.05, 3.63) is 54.3 Å². The van der Waals surface area contributed by atoms with Crippen molar-refractivity contribution in [1.29, 1.82) is 0 Å². The lowest BCUT2D eigenvalue weighted by Gasteiger charge is -2.12. The van der Waals surface area contributed by atoms with Gasteiger partial charge in [-0.2, -0.15) is 0 Å². The van der Waals surface area contributed by atoms with Crippen LogP contribution in [0.5, 0.6) is 5.75 Å². The summed E-state index contributed by atoms with van der Waals surface area (Å²) in [5.74, 6) is 0.0633. The maximum Gasteiger partial charge on any atom is 0.237 e. The second-order valence-electron chi connectivity index (χ2n) is 5.45. The van der Waals surface area contributed by atoms with Crippen LogP contribution in [-0.4, -0.2) is 29.4 Å². The van der Waals surface area contributed by atoms with Gasteiger partial charge in [0, 0.05) is 11.4 Å². The van der Waals surface area contributed by atoms with Gasteiger partial charge < -0.3 is 15.4 Å². The smallest absolute Gasteiger partial charge is 0.237 e. The Balaban J connectivity index is 1.77. The highest BCUT2D eigenvalue weighted by molar-refractivity contribution is 8.01. The van der Waals surface area contributed by atoms with Gasteiger partial charge in [0.25, 0.3) is 0 Å². The highest BCUT2D eigenvalue weighted by Gasteiger charge is 2.15. The van der Waals surface area contributed by atoms with E-state index in [-0.39, 0.29) is 23.4 Å². The van der Waals surface area contributed by atoms with Crippen molar-refractivity contribution < 1.29 is 18.7 Å². The number of benzene rings is 2. The molecule has 5 nitrogen and oxygen atoms in total. The summed E-state index contributed by atoms with van der Waals surface area (Å²) in [7, 11) is 0. The number of hydrogen-bond donors (Lipinski definition) is 2. The average Bonchev–Trinajstić information content (AvgIpc) is 2.63. The van der Waals surface area contributed by atoms with Crippen molar-refractivity contribution in [3.63, 3.8) is 0 Å². The molecule has 0 aliphatic rings. The second kappa shape index (κ2) is 9.82. The zero-order valence-electron chi connectivity index (χ0n) is 14.6. The Morgan fingerprint density at radius 2 is 1.62 bits per heavy atom. The fraction of sp³-hybridized carbons (Fsp3) is 0.263. The maximum absolute atomic E-state index is 12.8. The van der Waals surface area contributed by atoms with Gasteiger partial charge in [0.15, 0.2) is 0 Å². The molecule has 7 heteroatoms. The number of ether oxygens (including phenoxy) is 1. The molecule has 0 heterocycles. The first-order chi connectivity index (χ1) is 12.5. The minimum atomic E-state index is -0.402.